The number of halogens is 1. The Bertz CT molecular complexity index is 660. The van der Waals surface area contributed by atoms with E-state index < -0.39 is 0 Å². The van der Waals surface area contributed by atoms with Crippen LogP contribution in [-0.4, -0.2) is 15.7 Å². The fraction of sp³-hybridized carbons (Fsp3) is 0.231. The Kier molecular flexibility index (Phi) is 2.23. The Morgan fingerprint density at radius 3 is 2.83 bits per heavy atom. The SMILES string of the molecule is Cc1nn(C)cc1-c1cc(F)c2c(c1)C(=O)NC2. The molecule has 0 radical (unpaired) electrons. The molecule has 0 atom stereocenters. The van der Waals surface area contributed by atoms with Crippen molar-refractivity contribution >= 4 is 5.91 Å². The number of hydrogen-bond donors (Lipinski definition) is 1. The van der Waals surface area contributed by atoms with Crippen molar-refractivity contribution in [1.29, 1.82) is 0 Å². The average molecular weight is 245 g/mol. The van der Waals surface area contributed by atoms with Crippen LogP contribution in [0.5, 0.6) is 0 Å². The van der Waals surface area contributed by atoms with Gasteiger partial charge in [0, 0.05) is 36.5 Å². The van der Waals surface area contributed by atoms with Crippen LogP contribution in [-0.2, 0) is 13.6 Å². The van der Waals surface area contributed by atoms with Gasteiger partial charge in [-0.25, -0.2) is 4.39 Å². The number of nitrogens with one attached hydrogen (secondary N) is 1. The highest BCUT2D eigenvalue weighted by Crippen LogP contribution is 2.29. The number of carbonyl (C=O) groups is 1. The van der Waals surface area contributed by atoms with Crippen molar-refractivity contribution in [3.63, 3.8) is 0 Å². The van der Waals surface area contributed by atoms with E-state index in [1.54, 1.807) is 10.7 Å². The molecule has 0 aliphatic carbocycles. The lowest BCUT2D eigenvalue weighted by atomic mass is 10.0. The van der Waals surface area contributed by atoms with Gasteiger partial charge in [-0.3, -0.25) is 9.48 Å². The van der Waals surface area contributed by atoms with E-state index in [4.69, 9.17) is 0 Å². The van der Waals surface area contributed by atoms with E-state index in [0.717, 1.165) is 11.3 Å². The van der Waals surface area contributed by atoms with Crippen LogP contribution in [0, 0.1) is 12.7 Å². The summed E-state index contributed by atoms with van der Waals surface area (Å²) in [4.78, 5) is 11.6. The fourth-order valence-corrected chi connectivity index (χ4v) is 2.32. The van der Waals surface area contributed by atoms with Gasteiger partial charge in [0.2, 0.25) is 0 Å². The number of aryl methyl sites for hydroxylation is 2. The number of aromatic nitrogens is 2. The fourth-order valence-electron chi connectivity index (χ4n) is 2.32. The molecule has 0 saturated heterocycles. The first-order chi connectivity index (χ1) is 8.56. The van der Waals surface area contributed by atoms with Crippen molar-refractivity contribution in [1.82, 2.24) is 15.1 Å². The van der Waals surface area contributed by atoms with Gasteiger partial charge < -0.3 is 5.32 Å². The number of rotatable bonds is 1. The largest absolute Gasteiger partial charge is 0.348 e. The molecule has 0 unspecified atom stereocenters. The smallest absolute Gasteiger partial charge is 0.252 e. The number of benzene rings is 1. The maximum absolute atomic E-state index is 13.9. The Labute approximate surface area is 103 Å². The molecule has 5 heteroatoms. The zero-order chi connectivity index (χ0) is 12.9. The summed E-state index contributed by atoms with van der Waals surface area (Å²) in [6.07, 6.45) is 1.82. The Hall–Kier alpha value is -2.17. The number of nitrogens with zero attached hydrogens (tertiary/aromatic N) is 2. The highest BCUT2D eigenvalue weighted by Gasteiger charge is 2.23. The molecule has 0 spiro atoms. The first kappa shape index (κ1) is 11.0. The van der Waals surface area contributed by atoms with Gasteiger partial charge in [0.05, 0.1) is 5.69 Å². The van der Waals surface area contributed by atoms with E-state index in [0.29, 0.717) is 16.7 Å². The number of carbonyl (C=O) groups excluding carboxylic acids is 1. The molecule has 1 aliphatic rings. The van der Waals surface area contributed by atoms with Crippen LogP contribution in [0.25, 0.3) is 11.1 Å². The van der Waals surface area contributed by atoms with Gasteiger partial charge in [0.1, 0.15) is 5.82 Å². The third kappa shape index (κ3) is 1.51. The van der Waals surface area contributed by atoms with Crippen LogP contribution in [0.4, 0.5) is 4.39 Å². The first-order valence-electron chi connectivity index (χ1n) is 5.67. The molecule has 18 heavy (non-hydrogen) atoms. The lowest BCUT2D eigenvalue weighted by Gasteiger charge is -2.04. The molecule has 0 saturated carbocycles. The molecule has 1 amide bonds. The standard InChI is InChI=1S/C13H12FN3O/c1-7-11(6-17(2)16-7)8-3-9-10(12(14)4-8)5-15-13(9)18/h3-4,6H,5H2,1-2H3,(H,15,18). The van der Waals surface area contributed by atoms with Crippen LogP contribution >= 0.6 is 0 Å². The van der Waals surface area contributed by atoms with E-state index in [1.165, 1.54) is 6.07 Å². The zero-order valence-electron chi connectivity index (χ0n) is 10.1. The van der Waals surface area contributed by atoms with Crippen LogP contribution in [0.3, 0.4) is 0 Å². The highest BCUT2D eigenvalue weighted by atomic mass is 19.1. The second-order valence-corrected chi connectivity index (χ2v) is 4.47. The van der Waals surface area contributed by atoms with Crippen LogP contribution in [0.2, 0.25) is 0 Å². The second-order valence-electron chi connectivity index (χ2n) is 4.47. The van der Waals surface area contributed by atoms with E-state index in [1.807, 2.05) is 20.2 Å². The van der Waals surface area contributed by atoms with Gasteiger partial charge in [-0.15, -0.1) is 0 Å². The molecule has 4 nitrogen and oxygen atoms in total. The summed E-state index contributed by atoms with van der Waals surface area (Å²) >= 11 is 0. The van der Waals surface area contributed by atoms with Crippen molar-refractivity contribution in [2.24, 2.45) is 7.05 Å². The Morgan fingerprint density at radius 2 is 2.17 bits per heavy atom. The van der Waals surface area contributed by atoms with E-state index in [-0.39, 0.29) is 18.3 Å². The lowest BCUT2D eigenvalue weighted by molar-refractivity contribution is 0.0966. The van der Waals surface area contributed by atoms with Crippen molar-refractivity contribution in [2.75, 3.05) is 0 Å². The van der Waals surface area contributed by atoms with Gasteiger partial charge >= 0.3 is 0 Å². The molecule has 1 aliphatic heterocycles. The maximum Gasteiger partial charge on any atom is 0.252 e. The van der Waals surface area contributed by atoms with Crippen molar-refractivity contribution in [3.8, 4) is 11.1 Å². The summed E-state index contributed by atoms with van der Waals surface area (Å²) in [6.45, 7) is 2.13. The van der Waals surface area contributed by atoms with Crippen molar-refractivity contribution < 1.29 is 9.18 Å². The molecule has 2 heterocycles. The number of hydrogen-bond acceptors (Lipinski definition) is 2. The van der Waals surface area contributed by atoms with E-state index in [9.17, 15) is 9.18 Å². The zero-order valence-corrected chi connectivity index (χ0v) is 10.1. The average Bonchev–Trinajstić information content (AvgIpc) is 2.83. The molecule has 92 valence electrons. The summed E-state index contributed by atoms with van der Waals surface area (Å²) in [5.41, 5.74) is 3.22. The third-order valence-electron chi connectivity index (χ3n) is 3.19. The van der Waals surface area contributed by atoms with Gasteiger partial charge in [0.15, 0.2) is 0 Å². The molecule has 1 aromatic carbocycles. The summed E-state index contributed by atoms with van der Waals surface area (Å²) in [6, 6.07) is 3.19. The minimum Gasteiger partial charge on any atom is -0.348 e. The van der Waals surface area contributed by atoms with E-state index >= 15 is 0 Å². The molecule has 1 aromatic heterocycles. The summed E-state index contributed by atoms with van der Waals surface area (Å²) in [5.74, 6) is -0.559. The number of fused-ring (bicyclic) bond motifs is 1. The van der Waals surface area contributed by atoms with Gasteiger partial charge in [-0.2, -0.15) is 5.10 Å². The topological polar surface area (TPSA) is 46.9 Å². The van der Waals surface area contributed by atoms with Crippen molar-refractivity contribution in [2.45, 2.75) is 13.5 Å². The van der Waals surface area contributed by atoms with Crippen LogP contribution in [0.15, 0.2) is 18.3 Å². The highest BCUT2D eigenvalue weighted by molar-refractivity contribution is 5.99. The first-order valence-corrected chi connectivity index (χ1v) is 5.67. The molecule has 0 fully saturated rings. The summed E-state index contributed by atoms with van der Waals surface area (Å²) < 4.78 is 15.6. The molecule has 2 aromatic rings. The normalized spacial score (nSPS) is 13.6. The minimum atomic E-state index is -0.343. The molecular weight excluding hydrogens is 233 g/mol. The summed E-state index contributed by atoms with van der Waals surface area (Å²) in [7, 11) is 1.81. The Morgan fingerprint density at radius 1 is 1.39 bits per heavy atom. The molecule has 1 N–H and O–H groups in total. The number of amides is 1. The van der Waals surface area contributed by atoms with Gasteiger partial charge in [-0.05, 0) is 24.6 Å². The van der Waals surface area contributed by atoms with Gasteiger partial charge in [0.25, 0.3) is 5.91 Å². The Balaban J connectivity index is 2.20. The molecular formula is C13H12FN3O. The third-order valence-corrected chi connectivity index (χ3v) is 3.19. The quantitative estimate of drug-likeness (QED) is 0.832. The van der Waals surface area contributed by atoms with Crippen LogP contribution in [0.1, 0.15) is 21.6 Å². The predicted octanol–water partition coefficient (Wildman–Crippen LogP) is 1.78. The summed E-state index contributed by atoms with van der Waals surface area (Å²) in [5, 5.41) is 6.85. The minimum absolute atomic E-state index is 0.215. The molecule has 0 bridgehead atoms. The predicted molar refractivity (Wildman–Crippen MR) is 64.5 cm³/mol. The van der Waals surface area contributed by atoms with Crippen LogP contribution < -0.4 is 5.32 Å². The van der Waals surface area contributed by atoms with Crippen molar-refractivity contribution in [3.05, 3.63) is 41.0 Å². The monoisotopic (exact) mass is 245 g/mol. The van der Waals surface area contributed by atoms with E-state index in [2.05, 4.69) is 10.4 Å². The van der Waals surface area contributed by atoms with Gasteiger partial charge in [-0.1, -0.05) is 0 Å². The second kappa shape index (κ2) is 3.66. The lowest BCUT2D eigenvalue weighted by Crippen LogP contribution is -2.12. The molecule has 3 rings (SSSR count). The maximum atomic E-state index is 13.9.